The van der Waals surface area contributed by atoms with Crippen molar-refractivity contribution >= 4 is 11.6 Å². The van der Waals surface area contributed by atoms with E-state index >= 15 is 0 Å². The highest BCUT2D eigenvalue weighted by atomic mass is 19.4. The Balaban J connectivity index is 2.09. The Morgan fingerprint density at radius 1 is 1.29 bits per heavy atom. The van der Waals surface area contributed by atoms with Gasteiger partial charge in [0.05, 0.1) is 17.6 Å². The van der Waals surface area contributed by atoms with E-state index < -0.39 is 53.8 Å². The number of benzene rings is 1. The predicted molar refractivity (Wildman–Crippen MR) is 107 cm³/mol. The molecule has 0 radical (unpaired) electrons. The normalized spacial score (nSPS) is 25.2. The van der Waals surface area contributed by atoms with Crippen molar-refractivity contribution in [2.24, 2.45) is 5.92 Å². The van der Waals surface area contributed by atoms with E-state index in [4.69, 9.17) is 4.74 Å². The van der Waals surface area contributed by atoms with Crippen LogP contribution in [0.25, 0.3) is 0 Å². The third-order valence-corrected chi connectivity index (χ3v) is 6.25. The number of carbonyl (C=O) groups excluding carboxylic acids is 1. The Labute approximate surface area is 190 Å². The Hall–Kier alpha value is -2.67. The van der Waals surface area contributed by atoms with Gasteiger partial charge in [0.25, 0.3) is 5.91 Å². The van der Waals surface area contributed by atoms with Gasteiger partial charge in [-0.05, 0) is 32.5 Å². The maximum absolute atomic E-state index is 14.6. The molecule has 188 valence electrons. The molecule has 1 aromatic carbocycles. The van der Waals surface area contributed by atoms with Crippen LogP contribution in [0.4, 0.5) is 36.4 Å². The highest BCUT2D eigenvalue weighted by Crippen LogP contribution is 2.54. The molecule has 1 fully saturated rings. The second kappa shape index (κ2) is 9.17. The first-order valence-electron chi connectivity index (χ1n) is 10.2. The summed E-state index contributed by atoms with van der Waals surface area (Å²) in [5.41, 5.74) is -3.23. The summed E-state index contributed by atoms with van der Waals surface area (Å²) in [6.07, 6.45) is -5.87. The molecule has 1 aliphatic heterocycles. The third-order valence-electron chi connectivity index (χ3n) is 6.25. The van der Waals surface area contributed by atoms with Gasteiger partial charge in [0.1, 0.15) is 6.10 Å². The standard InChI is InChI=1S/C21H23F7N4O2/c1-9-15(11-5-6-13(22)16(23)12(11)7-29-4)17(34-20(9,3)21(26,27)28)18(33)30-14-8-32(19(24)25)31-10(14)2/h5-6,8-9,15,17,19,29H,7H2,1-4H3,(H,30,33)/t9-,15-,17+,20+/m0/s1. The van der Waals surface area contributed by atoms with E-state index in [0.717, 1.165) is 25.3 Å². The Morgan fingerprint density at radius 2 is 1.94 bits per heavy atom. The van der Waals surface area contributed by atoms with Crippen molar-refractivity contribution in [1.82, 2.24) is 15.1 Å². The highest BCUT2D eigenvalue weighted by Gasteiger charge is 2.65. The van der Waals surface area contributed by atoms with Crippen LogP contribution in [-0.4, -0.2) is 40.6 Å². The number of ether oxygens (including phenoxy) is 1. The largest absolute Gasteiger partial charge is 0.417 e. The van der Waals surface area contributed by atoms with E-state index in [1.54, 1.807) is 0 Å². The van der Waals surface area contributed by atoms with E-state index in [2.05, 4.69) is 15.7 Å². The first kappa shape index (κ1) is 25.9. The van der Waals surface area contributed by atoms with Crippen LogP contribution in [0.3, 0.4) is 0 Å². The number of hydrogen-bond acceptors (Lipinski definition) is 4. The number of aryl methyl sites for hydroxylation is 1. The molecule has 0 spiro atoms. The molecule has 0 saturated carbocycles. The fourth-order valence-electron chi connectivity index (χ4n) is 4.21. The van der Waals surface area contributed by atoms with Gasteiger partial charge in [-0.3, -0.25) is 4.79 Å². The minimum Gasteiger partial charge on any atom is -0.352 e. The van der Waals surface area contributed by atoms with Gasteiger partial charge in [-0.2, -0.15) is 27.1 Å². The van der Waals surface area contributed by atoms with Gasteiger partial charge >= 0.3 is 12.7 Å². The lowest BCUT2D eigenvalue weighted by molar-refractivity contribution is -0.272. The number of hydrogen-bond donors (Lipinski definition) is 2. The number of amides is 1. The molecular formula is C21H23F7N4O2. The van der Waals surface area contributed by atoms with Gasteiger partial charge < -0.3 is 15.4 Å². The molecule has 34 heavy (non-hydrogen) atoms. The lowest BCUT2D eigenvalue weighted by Crippen LogP contribution is -2.47. The van der Waals surface area contributed by atoms with Crippen molar-refractivity contribution in [2.45, 2.75) is 57.7 Å². The van der Waals surface area contributed by atoms with E-state index in [9.17, 15) is 35.5 Å². The van der Waals surface area contributed by atoms with Crippen LogP contribution < -0.4 is 10.6 Å². The number of anilines is 1. The van der Waals surface area contributed by atoms with Crippen molar-refractivity contribution in [3.05, 3.63) is 46.8 Å². The van der Waals surface area contributed by atoms with E-state index in [1.165, 1.54) is 20.9 Å². The van der Waals surface area contributed by atoms with Crippen molar-refractivity contribution in [1.29, 1.82) is 0 Å². The van der Waals surface area contributed by atoms with Crippen LogP contribution in [0.15, 0.2) is 18.3 Å². The minimum atomic E-state index is -4.90. The summed E-state index contributed by atoms with van der Waals surface area (Å²) in [7, 11) is 1.44. The fourth-order valence-corrected chi connectivity index (χ4v) is 4.21. The van der Waals surface area contributed by atoms with E-state index in [1.807, 2.05) is 0 Å². The van der Waals surface area contributed by atoms with Crippen LogP contribution >= 0.6 is 0 Å². The molecule has 13 heteroatoms. The molecule has 1 aromatic heterocycles. The molecule has 0 bridgehead atoms. The predicted octanol–water partition coefficient (Wildman–Crippen LogP) is 4.66. The summed E-state index contributed by atoms with van der Waals surface area (Å²) in [4.78, 5) is 13.1. The number of carbonyl (C=O) groups is 1. The zero-order valence-electron chi connectivity index (χ0n) is 18.6. The average molecular weight is 496 g/mol. The Kier molecular flexibility index (Phi) is 7.00. The summed E-state index contributed by atoms with van der Waals surface area (Å²) in [5.74, 6) is -6.26. The van der Waals surface area contributed by atoms with E-state index in [0.29, 0.717) is 0 Å². The fraction of sp³-hybridized carbons (Fsp3) is 0.524. The van der Waals surface area contributed by atoms with Gasteiger partial charge in [-0.25, -0.2) is 13.5 Å². The number of nitrogens with one attached hydrogen (secondary N) is 2. The molecule has 3 rings (SSSR count). The van der Waals surface area contributed by atoms with Gasteiger partial charge in [-0.1, -0.05) is 13.0 Å². The second-order valence-corrected chi connectivity index (χ2v) is 8.29. The lowest BCUT2D eigenvalue weighted by atomic mass is 9.75. The number of alkyl halides is 5. The average Bonchev–Trinajstić information content (AvgIpc) is 3.24. The molecule has 2 N–H and O–H groups in total. The van der Waals surface area contributed by atoms with Crippen molar-refractivity contribution < 1.29 is 40.3 Å². The maximum Gasteiger partial charge on any atom is 0.417 e. The first-order valence-corrected chi connectivity index (χ1v) is 10.2. The highest BCUT2D eigenvalue weighted by molar-refractivity contribution is 5.95. The van der Waals surface area contributed by atoms with Crippen LogP contribution in [-0.2, 0) is 16.1 Å². The summed E-state index contributed by atoms with van der Waals surface area (Å²) in [6.45, 7) is 0.0784. The molecule has 1 saturated heterocycles. The van der Waals surface area contributed by atoms with Crippen LogP contribution in [0, 0.1) is 24.5 Å². The smallest absolute Gasteiger partial charge is 0.352 e. The van der Waals surface area contributed by atoms with Crippen molar-refractivity contribution in [2.75, 3.05) is 12.4 Å². The summed E-state index contributed by atoms with van der Waals surface area (Å²) in [5, 5.41) is 8.46. The number of aromatic nitrogens is 2. The van der Waals surface area contributed by atoms with Gasteiger partial charge in [0.15, 0.2) is 17.2 Å². The monoisotopic (exact) mass is 496 g/mol. The summed E-state index contributed by atoms with van der Waals surface area (Å²) in [6, 6.07) is 1.89. The SMILES string of the molecule is CNCc1c([C@H]2[C@H](C(=O)Nc3cn(C(F)F)nc3C)O[C@@](C)(C(F)(F)F)[C@H]2C)ccc(F)c1F. The Bertz CT molecular complexity index is 1070. The third kappa shape index (κ3) is 4.38. The number of rotatable bonds is 6. The summed E-state index contributed by atoms with van der Waals surface area (Å²) >= 11 is 0. The van der Waals surface area contributed by atoms with Gasteiger partial charge in [0, 0.05) is 23.9 Å². The molecule has 1 amide bonds. The minimum absolute atomic E-state index is 0.00136. The quantitative estimate of drug-likeness (QED) is 0.571. The maximum atomic E-state index is 14.6. The molecule has 0 aliphatic carbocycles. The lowest BCUT2D eigenvalue weighted by Gasteiger charge is -2.32. The van der Waals surface area contributed by atoms with Gasteiger partial charge in [-0.15, -0.1) is 0 Å². The van der Waals surface area contributed by atoms with Crippen LogP contribution in [0.2, 0.25) is 0 Å². The van der Waals surface area contributed by atoms with Gasteiger partial charge in [0.2, 0.25) is 0 Å². The van der Waals surface area contributed by atoms with E-state index in [-0.39, 0.29) is 33.7 Å². The molecule has 4 atom stereocenters. The number of halogens is 7. The van der Waals surface area contributed by atoms with Crippen LogP contribution in [0.1, 0.15) is 43.1 Å². The first-order chi connectivity index (χ1) is 15.7. The second-order valence-electron chi connectivity index (χ2n) is 8.29. The molecule has 0 unspecified atom stereocenters. The summed E-state index contributed by atoms with van der Waals surface area (Å²) < 4.78 is 102. The van der Waals surface area contributed by atoms with Crippen molar-refractivity contribution in [3.63, 3.8) is 0 Å². The topological polar surface area (TPSA) is 68.2 Å². The molecule has 6 nitrogen and oxygen atoms in total. The molecule has 2 heterocycles. The zero-order chi connectivity index (χ0) is 25.6. The molecule has 1 aliphatic rings. The molecular weight excluding hydrogens is 473 g/mol. The number of nitrogens with zero attached hydrogens (tertiary/aromatic N) is 2. The zero-order valence-corrected chi connectivity index (χ0v) is 18.6. The van der Waals surface area contributed by atoms with Crippen LogP contribution in [0.5, 0.6) is 0 Å². The Morgan fingerprint density at radius 3 is 2.47 bits per heavy atom. The van der Waals surface area contributed by atoms with Crippen molar-refractivity contribution in [3.8, 4) is 0 Å². The molecule has 2 aromatic rings.